The molecule has 27 heavy (non-hydrogen) atoms. The van der Waals surface area contributed by atoms with Crippen LogP contribution in [0.1, 0.15) is 41.9 Å². The van der Waals surface area contributed by atoms with Crippen LogP contribution in [0, 0.1) is 11.7 Å². The molecule has 1 atom stereocenters. The first-order chi connectivity index (χ1) is 13.1. The second-order valence-electron chi connectivity index (χ2n) is 6.63. The molecule has 0 saturated carbocycles. The molecule has 0 saturated heterocycles. The third-order valence-corrected chi connectivity index (χ3v) is 4.87. The monoisotopic (exact) mass is 380 g/mol. The van der Waals surface area contributed by atoms with Crippen molar-refractivity contribution in [2.24, 2.45) is 0 Å². The van der Waals surface area contributed by atoms with Crippen molar-refractivity contribution >= 4 is 18.1 Å². The molecule has 0 aliphatic rings. The van der Waals surface area contributed by atoms with Crippen molar-refractivity contribution < 1.29 is 4.79 Å². The van der Waals surface area contributed by atoms with Gasteiger partial charge in [0, 0.05) is 0 Å². The van der Waals surface area contributed by atoms with E-state index in [1.807, 2.05) is 34.9 Å². The summed E-state index contributed by atoms with van der Waals surface area (Å²) >= 11 is 5.34. The van der Waals surface area contributed by atoms with Crippen LogP contribution in [-0.4, -0.2) is 20.7 Å². The number of aromatic nitrogens is 3. The minimum Gasteiger partial charge on any atom is -0.349 e. The molecule has 3 rings (SSSR count). The second kappa shape index (κ2) is 8.77. The number of aromatic amines is 1. The zero-order chi connectivity index (χ0) is 19.2. The quantitative estimate of drug-likeness (QED) is 0.607. The lowest BCUT2D eigenvalue weighted by molar-refractivity contribution is -0.121. The zero-order valence-corrected chi connectivity index (χ0v) is 16.4. The first kappa shape index (κ1) is 19.0. The summed E-state index contributed by atoms with van der Waals surface area (Å²) in [6.45, 7) is 4.71. The van der Waals surface area contributed by atoms with Crippen molar-refractivity contribution in [2.45, 2.75) is 39.3 Å². The van der Waals surface area contributed by atoms with E-state index in [2.05, 4.69) is 53.6 Å². The first-order valence-corrected chi connectivity index (χ1v) is 9.51. The first-order valence-electron chi connectivity index (χ1n) is 9.10. The van der Waals surface area contributed by atoms with Gasteiger partial charge in [-0.1, -0.05) is 67.1 Å². The van der Waals surface area contributed by atoms with E-state index < -0.39 is 0 Å². The third-order valence-electron chi connectivity index (χ3n) is 4.56. The number of aryl methyl sites for hydroxylation is 1. The van der Waals surface area contributed by atoms with Gasteiger partial charge >= 0.3 is 0 Å². The minimum atomic E-state index is -0.0641. The summed E-state index contributed by atoms with van der Waals surface area (Å²) in [6.07, 6.45) is 1.01. The van der Waals surface area contributed by atoms with E-state index in [0.29, 0.717) is 17.1 Å². The topological polar surface area (TPSA) is 62.7 Å². The van der Waals surface area contributed by atoms with Gasteiger partial charge in [-0.25, -0.2) is 0 Å². The van der Waals surface area contributed by atoms with Gasteiger partial charge in [0.15, 0.2) is 4.77 Å². The molecule has 2 aromatic carbocycles. The van der Waals surface area contributed by atoms with Crippen LogP contribution in [0.5, 0.6) is 0 Å². The molecule has 140 valence electrons. The maximum Gasteiger partial charge on any atom is 0.228 e. The van der Waals surface area contributed by atoms with Gasteiger partial charge < -0.3 is 5.32 Å². The number of H-pyrrole nitrogens is 1. The SMILES string of the molecule is CC[C@@H](NC(=O)Cc1n[nH]c(=S)n1Cc1ccccc1)c1ccc(C)cc1. The lowest BCUT2D eigenvalue weighted by atomic mass is 10.0. The highest BCUT2D eigenvalue weighted by Crippen LogP contribution is 2.17. The number of nitrogens with one attached hydrogen (secondary N) is 2. The number of hydrogen-bond acceptors (Lipinski definition) is 3. The van der Waals surface area contributed by atoms with Gasteiger partial charge in [0.2, 0.25) is 5.91 Å². The van der Waals surface area contributed by atoms with Gasteiger partial charge in [-0.15, -0.1) is 0 Å². The second-order valence-corrected chi connectivity index (χ2v) is 7.02. The standard InChI is InChI=1S/C21H24N4OS/c1-3-18(17-11-9-15(2)10-12-17)22-20(26)13-19-23-24-21(27)25(19)14-16-7-5-4-6-8-16/h4-12,18H,3,13-14H2,1-2H3,(H,22,26)(H,24,27)/t18-/m1/s1. The largest absolute Gasteiger partial charge is 0.349 e. The zero-order valence-electron chi connectivity index (χ0n) is 15.6. The van der Waals surface area contributed by atoms with Crippen LogP contribution >= 0.6 is 12.2 Å². The van der Waals surface area contributed by atoms with E-state index in [-0.39, 0.29) is 18.4 Å². The molecule has 0 fully saturated rings. The highest BCUT2D eigenvalue weighted by atomic mass is 32.1. The van der Waals surface area contributed by atoms with E-state index in [0.717, 1.165) is 17.5 Å². The molecule has 1 aromatic heterocycles. The Hall–Kier alpha value is -2.73. The Morgan fingerprint density at radius 2 is 1.89 bits per heavy atom. The van der Waals surface area contributed by atoms with E-state index >= 15 is 0 Å². The average molecular weight is 381 g/mol. The summed E-state index contributed by atoms with van der Waals surface area (Å²) in [6, 6.07) is 18.3. The fraction of sp³-hybridized carbons (Fsp3) is 0.286. The van der Waals surface area contributed by atoms with Crippen LogP contribution in [0.2, 0.25) is 0 Å². The van der Waals surface area contributed by atoms with Crippen molar-refractivity contribution in [3.63, 3.8) is 0 Å². The summed E-state index contributed by atoms with van der Waals surface area (Å²) in [4.78, 5) is 12.6. The molecule has 1 heterocycles. The molecular weight excluding hydrogens is 356 g/mol. The van der Waals surface area contributed by atoms with Gasteiger partial charge in [-0.3, -0.25) is 14.5 Å². The summed E-state index contributed by atoms with van der Waals surface area (Å²) in [5.41, 5.74) is 3.43. The van der Waals surface area contributed by atoms with Crippen LogP contribution in [0.25, 0.3) is 0 Å². The summed E-state index contributed by atoms with van der Waals surface area (Å²) < 4.78 is 2.39. The van der Waals surface area contributed by atoms with Crippen molar-refractivity contribution in [3.05, 3.63) is 81.9 Å². The van der Waals surface area contributed by atoms with Gasteiger partial charge in [-0.2, -0.15) is 5.10 Å². The Labute approximate surface area is 164 Å². The van der Waals surface area contributed by atoms with Gasteiger partial charge in [0.25, 0.3) is 0 Å². The molecule has 6 heteroatoms. The maximum absolute atomic E-state index is 12.6. The Bertz CT molecular complexity index is 944. The summed E-state index contributed by atoms with van der Waals surface area (Å²) in [5, 5.41) is 10.2. The highest BCUT2D eigenvalue weighted by molar-refractivity contribution is 7.71. The Kier molecular flexibility index (Phi) is 6.19. The van der Waals surface area contributed by atoms with Crippen LogP contribution in [0.15, 0.2) is 54.6 Å². The van der Waals surface area contributed by atoms with Crippen LogP contribution in [0.4, 0.5) is 0 Å². The van der Waals surface area contributed by atoms with Crippen molar-refractivity contribution in [2.75, 3.05) is 0 Å². The van der Waals surface area contributed by atoms with Crippen molar-refractivity contribution in [1.29, 1.82) is 0 Å². The summed E-state index contributed by atoms with van der Waals surface area (Å²) in [7, 11) is 0. The fourth-order valence-electron chi connectivity index (χ4n) is 3.02. The molecule has 0 aliphatic heterocycles. The molecular formula is C21H24N4OS. The Morgan fingerprint density at radius 3 is 2.56 bits per heavy atom. The average Bonchev–Trinajstić information content (AvgIpc) is 3.01. The number of nitrogens with zero attached hydrogens (tertiary/aromatic N) is 2. The molecule has 0 spiro atoms. The van der Waals surface area contributed by atoms with Crippen LogP contribution < -0.4 is 5.32 Å². The van der Waals surface area contributed by atoms with Crippen molar-refractivity contribution in [1.82, 2.24) is 20.1 Å². The fourth-order valence-corrected chi connectivity index (χ4v) is 3.24. The number of rotatable bonds is 7. The molecule has 2 N–H and O–H groups in total. The number of carbonyl (C=O) groups is 1. The number of amides is 1. The molecule has 0 radical (unpaired) electrons. The Balaban J connectivity index is 1.70. The summed E-state index contributed by atoms with van der Waals surface area (Å²) in [5.74, 6) is 0.575. The number of benzene rings is 2. The lowest BCUT2D eigenvalue weighted by Crippen LogP contribution is -2.30. The highest BCUT2D eigenvalue weighted by Gasteiger charge is 2.16. The molecule has 5 nitrogen and oxygen atoms in total. The number of hydrogen-bond donors (Lipinski definition) is 2. The van der Waals surface area contributed by atoms with E-state index in [9.17, 15) is 4.79 Å². The molecule has 1 amide bonds. The van der Waals surface area contributed by atoms with Gasteiger partial charge in [-0.05, 0) is 36.7 Å². The van der Waals surface area contributed by atoms with Crippen LogP contribution in [-0.2, 0) is 17.8 Å². The van der Waals surface area contributed by atoms with Crippen LogP contribution in [0.3, 0.4) is 0 Å². The molecule has 0 bridgehead atoms. The number of carbonyl (C=O) groups excluding carboxylic acids is 1. The molecule has 0 unspecified atom stereocenters. The van der Waals surface area contributed by atoms with Gasteiger partial charge in [0.1, 0.15) is 5.82 Å². The minimum absolute atomic E-state index is 0.0115. The maximum atomic E-state index is 12.6. The Morgan fingerprint density at radius 1 is 1.19 bits per heavy atom. The van der Waals surface area contributed by atoms with E-state index in [1.54, 1.807) is 0 Å². The van der Waals surface area contributed by atoms with E-state index in [1.165, 1.54) is 5.56 Å². The molecule has 3 aromatic rings. The smallest absolute Gasteiger partial charge is 0.228 e. The van der Waals surface area contributed by atoms with Crippen molar-refractivity contribution in [3.8, 4) is 0 Å². The lowest BCUT2D eigenvalue weighted by Gasteiger charge is -2.18. The normalized spacial score (nSPS) is 11.9. The third kappa shape index (κ3) is 4.92. The molecule has 0 aliphatic carbocycles. The van der Waals surface area contributed by atoms with Gasteiger partial charge in [0.05, 0.1) is 19.0 Å². The predicted octanol–water partition coefficient (Wildman–Crippen LogP) is 4.11. The van der Waals surface area contributed by atoms with E-state index in [4.69, 9.17) is 12.2 Å². The predicted molar refractivity (Wildman–Crippen MR) is 109 cm³/mol.